The molecule has 0 fully saturated rings. The van der Waals surface area contributed by atoms with Crippen LogP contribution in [0.1, 0.15) is 245 Å². The Kier molecular flexibility index (Phi) is 37.4. The highest BCUT2D eigenvalue weighted by Gasteiger charge is 2.22. The van der Waals surface area contributed by atoms with Crippen LogP contribution >= 0.6 is 8.73 Å². The van der Waals surface area contributed by atoms with E-state index in [-0.39, 0.29) is 24.6 Å². The second-order valence-electron chi connectivity index (χ2n) is 15.5. The molecular formula is C43H87BNO4PSi. The molecule has 0 bridgehead atoms. The summed E-state index contributed by atoms with van der Waals surface area (Å²) < 4.78 is 27.8. The molecule has 0 aromatic rings. The minimum Gasteiger partial charge on any atom is -0.462 e. The zero-order chi connectivity index (χ0) is 39.1. The van der Waals surface area contributed by atoms with Gasteiger partial charge in [-0.05, 0) is 25.7 Å². The van der Waals surface area contributed by atoms with Crippen molar-refractivity contribution in [3.05, 3.63) is 0 Å². The van der Waals surface area contributed by atoms with E-state index in [4.69, 9.17) is 19.1 Å². The van der Waals surface area contributed by atoms with Gasteiger partial charge in [0.1, 0.15) is 14.6 Å². The Balaban J connectivity index is 4.89. The Labute approximate surface area is 326 Å². The number of rotatable bonds is 42. The number of esters is 1. The van der Waals surface area contributed by atoms with E-state index in [1.165, 1.54) is 154 Å². The monoisotopic (exact) mass is 755 g/mol. The zero-order valence-electron chi connectivity index (χ0n) is 36.3. The van der Waals surface area contributed by atoms with E-state index in [0.29, 0.717) is 19.3 Å². The molecule has 0 aromatic carbocycles. The molecule has 8 heteroatoms. The number of carbonyl (C=O) groups is 2. The SMILES string of the molecule is [2H][Si]([B])(OC[C@@H](CC(CCCCCCCCCC)OC(=O)CCCCCCCCCCCCCC)NC(=O)CCCCCCCCCCCCC)P[3H]. The summed E-state index contributed by atoms with van der Waals surface area (Å²) in [6.07, 6.45) is 40.1. The van der Waals surface area contributed by atoms with Crippen LogP contribution in [0.2, 0.25) is 0 Å². The van der Waals surface area contributed by atoms with Gasteiger partial charge in [-0.3, -0.25) is 9.59 Å². The van der Waals surface area contributed by atoms with Crippen LogP contribution in [0, 0.1) is 0 Å². The summed E-state index contributed by atoms with van der Waals surface area (Å²) in [6, 6.07) is -0.397. The molecule has 1 N–H and O–H groups in total. The lowest BCUT2D eigenvalue weighted by molar-refractivity contribution is -0.150. The van der Waals surface area contributed by atoms with Gasteiger partial charge in [-0.15, -0.1) is 8.73 Å². The van der Waals surface area contributed by atoms with Crippen LogP contribution in [-0.4, -0.2) is 49.1 Å². The van der Waals surface area contributed by atoms with Gasteiger partial charge < -0.3 is 14.5 Å². The van der Waals surface area contributed by atoms with Crippen LogP contribution < -0.4 is 5.32 Å². The first-order valence-corrected chi connectivity index (χ1v) is 25.4. The second-order valence-corrected chi connectivity index (χ2v) is 18.0. The minimum atomic E-state index is -3.34. The molecule has 0 spiro atoms. The molecule has 1 amide bonds. The fourth-order valence-electron chi connectivity index (χ4n) is 7.01. The van der Waals surface area contributed by atoms with Gasteiger partial charge in [-0.2, -0.15) is 0 Å². The van der Waals surface area contributed by atoms with Gasteiger partial charge in [0.25, 0.3) is 0 Å². The van der Waals surface area contributed by atoms with Crippen molar-refractivity contribution in [2.75, 3.05) is 6.61 Å². The van der Waals surface area contributed by atoms with Gasteiger partial charge >= 0.3 is 5.97 Å². The maximum absolute atomic E-state index is 13.1. The van der Waals surface area contributed by atoms with Crippen molar-refractivity contribution in [1.82, 2.24) is 5.32 Å². The molecule has 0 rings (SSSR count). The first kappa shape index (κ1) is 46.8. The quantitative estimate of drug-likeness (QED) is 0.0292. The molecule has 3 unspecified atom stereocenters. The van der Waals surface area contributed by atoms with E-state index in [1.54, 1.807) is 0 Å². The Morgan fingerprint density at radius 3 is 1.41 bits per heavy atom. The molecule has 0 saturated heterocycles. The van der Waals surface area contributed by atoms with Crippen LogP contribution in [0.3, 0.4) is 0 Å². The molecule has 300 valence electrons. The van der Waals surface area contributed by atoms with Gasteiger partial charge in [0.05, 0.1) is 21.4 Å². The number of amides is 1. The smallest absolute Gasteiger partial charge is 0.306 e. The molecule has 5 nitrogen and oxygen atoms in total. The number of carbonyl (C=O) groups excluding carboxylic acids is 2. The Morgan fingerprint density at radius 2 is 1.00 bits per heavy atom. The highest BCUT2D eigenvalue weighted by Crippen LogP contribution is 2.19. The summed E-state index contributed by atoms with van der Waals surface area (Å²) in [5, 5.41) is 3.15. The van der Waals surface area contributed by atoms with Gasteiger partial charge in [0, 0.05) is 20.5 Å². The highest BCUT2D eigenvalue weighted by molar-refractivity contribution is 7.70. The Hall–Kier alpha value is -0.388. The van der Waals surface area contributed by atoms with Gasteiger partial charge in [-0.1, -0.05) is 201 Å². The summed E-state index contributed by atoms with van der Waals surface area (Å²) in [5.41, 5.74) is 0. The molecular weight excluding hydrogens is 664 g/mol. The lowest BCUT2D eigenvalue weighted by Crippen LogP contribution is -2.42. The van der Waals surface area contributed by atoms with Crippen LogP contribution in [0.4, 0.5) is 0 Å². The van der Waals surface area contributed by atoms with E-state index in [9.17, 15) is 9.59 Å². The largest absolute Gasteiger partial charge is 0.462 e. The fraction of sp³-hybridized carbons (Fsp3) is 0.953. The summed E-state index contributed by atoms with van der Waals surface area (Å²) >= 11 is 0. The van der Waals surface area contributed by atoms with Crippen LogP contribution in [0.5, 0.6) is 0 Å². The van der Waals surface area contributed by atoms with Crippen molar-refractivity contribution in [2.24, 2.45) is 0 Å². The number of ether oxygens (including phenoxy) is 1. The highest BCUT2D eigenvalue weighted by atomic mass is 31.3. The molecule has 51 heavy (non-hydrogen) atoms. The standard InChI is InChI=1S/C43H87BNO4PSi/c1-4-7-10-13-16-19-21-23-25-28-31-34-37-43(47)49-41(35-32-29-26-18-15-12-9-6-3)38-40(39-48-51(44)50)45-42(46)36-33-30-27-24-22-20-17-14-11-8-5-2/h40-41,51H,4-39,50H2,1-3H3,(H,45,46)/t40-,41?,51?/m1/s1/i50T,51D/t40-,41?,50?,51?. The predicted octanol–water partition coefficient (Wildman–Crippen LogP) is 12.9. The van der Waals surface area contributed by atoms with E-state index in [1.807, 2.05) is 0 Å². The maximum atomic E-state index is 13.1. The van der Waals surface area contributed by atoms with E-state index >= 15 is 0 Å². The van der Waals surface area contributed by atoms with Crippen LogP contribution in [-0.2, 0) is 18.8 Å². The van der Waals surface area contributed by atoms with Crippen LogP contribution in [0.25, 0.3) is 0 Å². The lowest BCUT2D eigenvalue weighted by Gasteiger charge is -2.26. The normalized spacial score (nSPS) is 14.6. The molecule has 0 aliphatic heterocycles. The zero-order valence-corrected chi connectivity index (χ0v) is 36.3. The maximum Gasteiger partial charge on any atom is 0.306 e. The number of nitrogens with one attached hydrogen (secondary N) is 1. The lowest BCUT2D eigenvalue weighted by atomic mass is 10.0. The van der Waals surface area contributed by atoms with E-state index in [2.05, 4.69) is 26.1 Å². The molecule has 0 aliphatic rings. The molecule has 2 radical (unpaired) electrons. The topological polar surface area (TPSA) is 64.6 Å². The average Bonchev–Trinajstić information content (AvgIpc) is 3.14. The molecule has 0 heterocycles. The summed E-state index contributed by atoms with van der Waals surface area (Å²) in [4.78, 5) is 26.1. The average molecular weight is 755 g/mol. The Morgan fingerprint density at radius 1 is 0.627 bits per heavy atom. The molecule has 0 aliphatic carbocycles. The summed E-state index contributed by atoms with van der Waals surface area (Å²) in [7, 11) is 2.13. The fourth-order valence-corrected chi connectivity index (χ4v) is 7.64. The van der Waals surface area contributed by atoms with E-state index < -0.39 is 23.3 Å². The third-order valence-corrected chi connectivity index (χ3v) is 11.2. The molecule has 0 saturated carbocycles. The van der Waals surface area contributed by atoms with Gasteiger partial charge in [0.2, 0.25) is 5.91 Å². The van der Waals surface area contributed by atoms with Gasteiger partial charge in [0.15, 0.2) is 0 Å². The van der Waals surface area contributed by atoms with Gasteiger partial charge in [-0.25, -0.2) is 0 Å². The molecule has 4 atom stereocenters. The van der Waals surface area contributed by atoms with Crippen molar-refractivity contribution < 1.29 is 18.8 Å². The third-order valence-electron chi connectivity index (χ3n) is 10.3. The van der Waals surface area contributed by atoms with Crippen molar-refractivity contribution in [3.8, 4) is 0 Å². The third kappa shape index (κ3) is 39.1. The number of hydrogen-bond donors (Lipinski definition) is 1. The Bertz CT molecular complexity index is 816. The second kappa shape index (κ2) is 40.8. The summed E-state index contributed by atoms with van der Waals surface area (Å²) in [6.45, 7) is 6.85. The predicted molar refractivity (Wildman–Crippen MR) is 229 cm³/mol. The molecule has 0 aromatic heterocycles. The van der Waals surface area contributed by atoms with Crippen LogP contribution in [0.15, 0.2) is 0 Å². The van der Waals surface area contributed by atoms with Crippen molar-refractivity contribution in [2.45, 2.75) is 258 Å². The van der Waals surface area contributed by atoms with Crippen molar-refractivity contribution >= 4 is 36.6 Å². The number of unbranched alkanes of at least 4 members (excludes halogenated alkanes) is 28. The van der Waals surface area contributed by atoms with Crippen molar-refractivity contribution in [1.29, 1.82) is 2.51 Å². The first-order chi connectivity index (χ1) is 25.8. The minimum absolute atomic E-state index is 0.0224. The van der Waals surface area contributed by atoms with Crippen molar-refractivity contribution in [3.63, 3.8) is 0 Å². The van der Waals surface area contributed by atoms with E-state index in [0.717, 1.165) is 51.4 Å². The summed E-state index contributed by atoms with van der Waals surface area (Å²) in [5.74, 6) is -0.171. The number of hydrogen-bond acceptors (Lipinski definition) is 4. The first-order valence-electron chi connectivity index (χ1n) is 23.4.